The van der Waals surface area contributed by atoms with E-state index in [2.05, 4.69) is 10.6 Å². The molecule has 0 aromatic carbocycles. The van der Waals surface area contributed by atoms with Crippen LogP contribution in [0.2, 0.25) is 0 Å². The van der Waals surface area contributed by atoms with Crippen LogP contribution in [0.5, 0.6) is 0 Å². The Labute approximate surface area is 80.9 Å². The van der Waals surface area contributed by atoms with Crippen LogP contribution in [0.4, 0.5) is 0 Å². The van der Waals surface area contributed by atoms with Crippen LogP contribution in [-0.4, -0.2) is 36.4 Å². The van der Waals surface area contributed by atoms with Gasteiger partial charge in [0.2, 0.25) is 0 Å². The highest BCUT2D eigenvalue weighted by atomic mass is 16.3. The third kappa shape index (κ3) is 5.24. The lowest BCUT2D eigenvalue weighted by molar-refractivity contribution is 0.0789. The van der Waals surface area contributed by atoms with Crippen molar-refractivity contribution in [2.75, 3.05) is 19.6 Å². The van der Waals surface area contributed by atoms with Crippen molar-refractivity contribution in [1.82, 2.24) is 10.6 Å². The molecule has 0 radical (unpaired) electrons. The van der Waals surface area contributed by atoms with Gasteiger partial charge in [-0.05, 0) is 33.2 Å². The minimum atomic E-state index is -0.589. The van der Waals surface area contributed by atoms with Crippen molar-refractivity contribution >= 4 is 0 Å². The highest BCUT2D eigenvalue weighted by Gasteiger charge is 2.15. The second-order valence-corrected chi connectivity index (χ2v) is 4.59. The van der Waals surface area contributed by atoms with Gasteiger partial charge in [-0.1, -0.05) is 6.42 Å². The molecule has 1 fully saturated rings. The van der Waals surface area contributed by atoms with E-state index in [0.29, 0.717) is 12.6 Å². The number of rotatable bonds is 4. The topological polar surface area (TPSA) is 44.3 Å². The van der Waals surface area contributed by atoms with Crippen molar-refractivity contribution in [2.24, 2.45) is 0 Å². The Hall–Kier alpha value is -0.120. The maximum Gasteiger partial charge on any atom is 0.0715 e. The van der Waals surface area contributed by atoms with Gasteiger partial charge in [-0.15, -0.1) is 0 Å². The molecule has 0 aromatic heterocycles. The van der Waals surface area contributed by atoms with Crippen LogP contribution in [0, 0.1) is 0 Å². The summed E-state index contributed by atoms with van der Waals surface area (Å²) >= 11 is 0. The zero-order valence-electron chi connectivity index (χ0n) is 8.77. The summed E-state index contributed by atoms with van der Waals surface area (Å²) in [7, 11) is 0. The van der Waals surface area contributed by atoms with Gasteiger partial charge in [0.25, 0.3) is 0 Å². The summed E-state index contributed by atoms with van der Waals surface area (Å²) in [5.41, 5.74) is -0.589. The normalized spacial score (nSPS) is 24.7. The highest BCUT2D eigenvalue weighted by molar-refractivity contribution is 4.76. The number of aliphatic hydroxyl groups is 1. The third-order valence-electron chi connectivity index (χ3n) is 2.36. The number of nitrogens with one attached hydrogen (secondary N) is 2. The second-order valence-electron chi connectivity index (χ2n) is 4.59. The van der Waals surface area contributed by atoms with Crippen LogP contribution in [0.1, 0.15) is 33.1 Å². The fraction of sp³-hybridized carbons (Fsp3) is 1.00. The first-order valence-corrected chi connectivity index (χ1v) is 5.24. The summed E-state index contributed by atoms with van der Waals surface area (Å²) in [5, 5.41) is 16.2. The first kappa shape index (κ1) is 11.0. The SMILES string of the molecule is CC(C)(O)CNCC1CCCCN1. The lowest BCUT2D eigenvalue weighted by Gasteiger charge is -2.25. The molecule has 0 saturated carbocycles. The zero-order valence-corrected chi connectivity index (χ0v) is 8.77. The third-order valence-corrected chi connectivity index (χ3v) is 2.36. The number of piperidine rings is 1. The van der Waals surface area contributed by atoms with E-state index < -0.39 is 5.60 Å². The quantitative estimate of drug-likeness (QED) is 0.598. The van der Waals surface area contributed by atoms with Crippen LogP contribution in [0.3, 0.4) is 0 Å². The molecule has 3 heteroatoms. The van der Waals surface area contributed by atoms with Gasteiger partial charge in [0.15, 0.2) is 0 Å². The van der Waals surface area contributed by atoms with E-state index in [4.69, 9.17) is 0 Å². The molecule has 13 heavy (non-hydrogen) atoms. The van der Waals surface area contributed by atoms with Crippen LogP contribution in [0.25, 0.3) is 0 Å². The predicted octanol–water partition coefficient (Wildman–Crippen LogP) is 0.489. The Balaban J connectivity index is 2.04. The van der Waals surface area contributed by atoms with E-state index >= 15 is 0 Å². The molecule has 1 aliphatic heterocycles. The minimum absolute atomic E-state index is 0.589. The highest BCUT2D eigenvalue weighted by Crippen LogP contribution is 2.06. The molecule has 0 amide bonds. The smallest absolute Gasteiger partial charge is 0.0715 e. The molecular formula is C10H22N2O. The molecule has 78 valence electrons. The lowest BCUT2D eigenvalue weighted by atomic mass is 10.0. The van der Waals surface area contributed by atoms with Crippen LogP contribution < -0.4 is 10.6 Å². The molecule has 1 aliphatic rings. The maximum atomic E-state index is 9.46. The summed E-state index contributed by atoms with van der Waals surface area (Å²) < 4.78 is 0. The van der Waals surface area contributed by atoms with Gasteiger partial charge in [-0.25, -0.2) is 0 Å². The standard InChI is InChI=1S/C10H22N2O/c1-10(2,13)8-11-7-9-5-3-4-6-12-9/h9,11-13H,3-8H2,1-2H3. The number of hydrogen-bond donors (Lipinski definition) is 3. The Morgan fingerprint density at radius 3 is 2.77 bits per heavy atom. The van der Waals surface area contributed by atoms with E-state index in [1.165, 1.54) is 19.3 Å². The molecule has 3 N–H and O–H groups in total. The summed E-state index contributed by atoms with van der Waals surface area (Å²) in [6.45, 7) is 6.45. The Bertz CT molecular complexity index is 136. The fourth-order valence-electron chi connectivity index (χ4n) is 1.65. The van der Waals surface area contributed by atoms with Crippen molar-refractivity contribution in [3.05, 3.63) is 0 Å². The molecule has 3 nitrogen and oxygen atoms in total. The zero-order chi connectivity index (χ0) is 9.73. The predicted molar refractivity (Wildman–Crippen MR) is 54.8 cm³/mol. The van der Waals surface area contributed by atoms with Gasteiger partial charge in [0.05, 0.1) is 5.60 Å². The van der Waals surface area contributed by atoms with Gasteiger partial charge >= 0.3 is 0 Å². The van der Waals surface area contributed by atoms with E-state index in [1.54, 1.807) is 0 Å². The molecule has 1 rings (SSSR count). The monoisotopic (exact) mass is 186 g/mol. The van der Waals surface area contributed by atoms with Crippen molar-refractivity contribution in [2.45, 2.75) is 44.8 Å². The number of hydrogen-bond acceptors (Lipinski definition) is 3. The van der Waals surface area contributed by atoms with E-state index in [1.807, 2.05) is 13.8 Å². The Morgan fingerprint density at radius 1 is 1.46 bits per heavy atom. The first-order chi connectivity index (χ1) is 6.08. The average molecular weight is 186 g/mol. The summed E-state index contributed by atoms with van der Waals surface area (Å²) in [4.78, 5) is 0. The van der Waals surface area contributed by atoms with Gasteiger partial charge in [-0.2, -0.15) is 0 Å². The van der Waals surface area contributed by atoms with Gasteiger partial charge < -0.3 is 15.7 Å². The fourth-order valence-corrected chi connectivity index (χ4v) is 1.65. The van der Waals surface area contributed by atoms with Crippen LogP contribution >= 0.6 is 0 Å². The van der Waals surface area contributed by atoms with Gasteiger partial charge in [0, 0.05) is 19.1 Å². The molecule has 0 spiro atoms. The molecule has 1 saturated heterocycles. The van der Waals surface area contributed by atoms with Crippen LogP contribution in [0.15, 0.2) is 0 Å². The summed E-state index contributed by atoms with van der Waals surface area (Å²) in [6.07, 6.45) is 3.91. The molecular weight excluding hydrogens is 164 g/mol. The molecule has 1 unspecified atom stereocenters. The molecule has 0 aromatic rings. The van der Waals surface area contributed by atoms with E-state index in [-0.39, 0.29) is 0 Å². The maximum absolute atomic E-state index is 9.46. The molecule has 1 heterocycles. The summed E-state index contributed by atoms with van der Waals surface area (Å²) in [5.74, 6) is 0. The second kappa shape index (κ2) is 4.94. The minimum Gasteiger partial charge on any atom is -0.389 e. The van der Waals surface area contributed by atoms with Crippen LogP contribution in [-0.2, 0) is 0 Å². The van der Waals surface area contributed by atoms with Crippen molar-refractivity contribution < 1.29 is 5.11 Å². The Morgan fingerprint density at radius 2 is 2.23 bits per heavy atom. The average Bonchev–Trinajstić information content (AvgIpc) is 2.04. The lowest BCUT2D eigenvalue weighted by Crippen LogP contribution is -2.45. The van der Waals surface area contributed by atoms with Crippen molar-refractivity contribution in [3.63, 3.8) is 0 Å². The van der Waals surface area contributed by atoms with Gasteiger partial charge in [0.1, 0.15) is 0 Å². The molecule has 0 aliphatic carbocycles. The van der Waals surface area contributed by atoms with Gasteiger partial charge in [-0.3, -0.25) is 0 Å². The summed E-state index contributed by atoms with van der Waals surface area (Å²) in [6, 6.07) is 0.607. The Kier molecular flexibility index (Phi) is 4.16. The van der Waals surface area contributed by atoms with E-state index in [9.17, 15) is 5.11 Å². The largest absolute Gasteiger partial charge is 0.389 e. The van der Waals surface area contributed by atoms with E-state index in [0.717, 1.165) is 13.1 Å². The molecule has 1 atom stereocenters. The first-order valence-electron chi connectivity index (χ1n) is 5.24. The van der Waals surface area contributed by atoms with Crippen molar-refractivity contribution in [1.29, 1.82) is 0 Å². The molecule has 0 bridgehead atoms. The van der Waals surface area contributed by atoms with Crippen molar-refractivity contribution in [3.8, 4) is 0 Å².